The lowest BCUT2D eigenvalue weighted by Crippen LogP contribution is -2.68. The Bertz CT molecular complexity index is 852. The van der Waals surface area contributed by atoms with Gasteiger partial charge in [-0.1, -0.05) is 25.1 Å². The van der Waals surface area contributed by atoms with E-state index in [2.05, 4.69) is 29.3 Å². The van der Waals surface area contributed by atoms with Crippen molar-refractivity contribution in [2.24, 2.45) is 5.41 Å². The Morgan fingerprint density at radius 2 is 2.15 bits per heavy atom. The molecule has 2 fully saturated rings. The topological polar surface area (TPSA) is 82.0 Å². The van der Waals surface area contributed by atoms with Gasteiger partial charge >= 0.3 is 5.97 Å². The highest BCUT2D eigenvalue weighted by molar-refractivity contribution is 5.93. The van der Waals surface area contributed by atoms with Crippen LogP contribution in [0.25, 0.3) is 0 Å². The zero-order valence-corrected chi connectivity index (χ0v) is 15.7. The van der Waals surface area contributed by atoms with Gasteiger partial charge in [-0.2, -0.15) is 0 Å². The monoisotopic (exact) mass is 370 g/mol. The van der Waals surface area contributed by atoms with E-state index in [4.69, 9.17) is 4.74 Å². The lowest BCUT2D eigenvalue weighted by Gasteiger charge is -2.58. The standard InChI is InChI=1S/C21H26N2O4/c1-3-20-10-12(18(26)27-2)16-21(13-6-4-5-7-14(13)22-16)8-9-23(19(20)21)11-15(24)17(20)25/h4-7,15,17,19,22,24-25H,3,8-11H2,1-2H3. The van der Waals surface area contributed by atoms with Crippen molar-refractivity contribution >= 4 is 11.7 Å². The number of ether oxygens (including phenoxy) is 1. The molecule has 6 heteroatoms. The van der Waals surface area contributed by atoms with Gasteiger partial charge < -0.3 is 20.3 Å². The van der Waals surface area contributed by atoms with Gasteiger partial charge in [0.25, 0.3) is 0 Å². The number of aliphatic hydroxyl groups is 2. The molecule has 3 N–H and O–H groups in total. The number of benzene rings is 1. The predicted molar refractivity (Wildman–Crippen MR) is 100 cm³/mol. The number of nitrogens with one attached hydrogen (secondary N) is 1. The molecular weight excluding hydrogens is 344 g/mol. The number of carbonyl (C=O) groups excluding carboxylic acids is 1. The van der Waals surface area contributed by atoms with Crippen molar-refractivity contribution in [1.82, 2.24) is 4.90 Å². The lowest BCUT2D eigenvalue weighted by atomic mass is 9.52. The molecule has 1 aliphatic carbocycles. The number of rotatable bonds is 2. The van der Waals surface area contributed by atoms with Crippen LogP contribution in [0, 0.1) is 5.41 Å². The van der Waals surface area contributed by atoms with Crippen LogP contribution in [0.3, 0.4) is 0 Å². The van der Waals surface area contributed by atoms with E-state index in [0.717, 1.165) is 24.4 Å². The number of hydrogen-bond donors (Lipinski definition) is 3. The largest absolute Gasteiger partial charge is 0.466 e. The van der Waals surface area contributed by atoms with E-state index < -0.39 is 17.6 Å². The molecule has 2 saturated heterocycles. The minimum atomic E-state index is -0.868. The molecule has 5 rings (SSSR count). The van der Waals surface area contributed by atoms with Crippen molar-refractivity contribution < 1.29 is 19.7 Å². The molecule has 6 nitrogen and oxygen atoms in total. The van der Waals surface area contributed by atoms with E-state index in [-0.39, 0.29) is 17.4 Å². The van der Waals surface area contributed by atoms with Crippen molar-refractivity contribution in [2.75, 3.05) is 25.5 Å². The second-order valence-electron chi connectivity index (χ2n) is 8.41. The van der Waals surface area contributed by atoms with Gasteiger partial charge in [-0.05, 0) is 37.4 Å². The number of hydrogen-bond acceptors (Lipinski definition) is 6. The highest BCUT2D eigenvalue weighted by Gasteiger charge is 2.69. The first-order valence-corrected chi connectivity index (χ1v) is 9.78. The van der Waals surface area contributed by atoms with Crippen LogP contribution in [0.5, 0.6) is 0 Å². The number of piperidine rings is 1. The fraction of sp³-hybridized carbons (Fsp3) is 0.571. The molecule has 0 bridgehead atoms. The molecule has 0 saturated carbocycles. The highest BCUT2D eigenvalue weighted by Crippen LogP contribution is 2.65. The van der Waals surface area contributed by atoms with E-state index in [1.165, 1.54) is 12.7 Å². The SMILES string of the molecule is CCC12CC(C(=O)OC)=C3Nc4ccccc4C34CCN(CC(O)C1O)C42. The Balaban J connectivity index is 1.82. The molecule has 3 aliphatic heterocycles. The Labute approximate surface area is 158 Å². The van der Waals surface area contributed by atoms with Crippen LogP contribution in [0.1, 0.15) is 31.7 Å². The Hall–Kier alpha value is -1.89. The van der Waals surface area contributed by atoms with Crippen molar-refractivity contribution in [3.05, 3.63) is 41.1 Å². The van der Waals surface area contributed by atoms with E-state index in [1.807, 2.05) is 12.1 Å². The van der Waals surface area contributed by atoms with Crippen molar-refractivity contribution in [2.45, 2.75) is 49.9 Å². The maximum absolute atomic E-state index is 12.8. The van der Waals surface area contributed by atoms with Crippen molar-refractivity contribution in [1.29, 1.82) is 0 Å². The number of nitrogens with zero attached hydrogens (tertiary/aromatic N) is 1. The average molecular weight is 370 g/mol. The van der Waals surface area contributed by atoms with Crippen molar-refractivity contribution in [3.63, 3.8) is 0 Å². The molecule has 1 aromatic carbocycles. The summed E-state index contributed by atoms with van der Waals surface area (Å²) < 4.78 is 5.14. The number of esters is 1. The summed E-state index contributed by atoms with van der Waals surface area (Å²) in [4.78, 5) is 15.1. The van der Waals surface area contributed by atoms with Crippen LogP contribution in [-0.2, 0) is 14.9 Å². The molecule has 0 aromatic heterocycles. The number of para-hydroxylation sites is 1. The van der Waals surface area contributed by atoms with Crippen LogP contribution in [0.2, 0.25) is 0 Å². The van der Waals surface area contributed by atoms with Crippen LogP contribution in [-0.4, -0.2) is 59.5 Å². The molecule has 5 atom stereocenters. The third kappa shape index (κ3) is 1.88. The van der Waals surface area contributed by atoms with E-state index in [9.17, 15) is 15.0 Å². The zero-order valence-electron chi connectivity index (χ0n) is 15.7. The molecule has 5 unspecified atom stereocenters. The van der Waals surface area contributed by atoms with E-state index in [1.54, 1.807) is 0 Å². The second-order valence-corrected chi connectivity index (χ2v) is 8.41. The Kier molecular flexibility index (Phi) is 3.55. The summed E-state index contributed by atoms with van der Waals surface area (Å²) in [6.07, 6.45) is 0.283. The Morgan fingerprint density at radius 3 is 2.89 bits per heavy atom. The third-order valence-electron chi connectivity index (χ3n) is 7.56. The minimum Gasteiger partial charge on any atom is -0.466 e. The number of anilines is 1. The van der Waals surface area contributed by atoms with Gasteiger partial charge in [0, 0.05) is 29.4 Å². The molecular formula is C21H26N2O4. The number of methoxy groups -OCH3 is 1. The number of aliphatic hydroxyl groups excluding tert-OH is 2. The first kappa shape index (κ1) is 17.2. The summed E-state index contributed by atoms with van der Waals surface area (Å²) >= 11 is 0. The number of carbonyl (C=O) groups is 1. The maximum atomic E-state index is 12.8. The fourth-order valence-corrected chi connectivity index (χ4v) is 6.53. The first-order chi connectivity index (χ1) is 13.0. The van der Waals surface area contributed by atoms with Gasteiger partial charge in [0.05, 0.1) is 30.3 Å². The van der Waals surface area contributed by atoms with Crippen LogP contribution in [0.4, 0.5) is 5.69 Å². The van der Waals surface area contributed by atoms with Gasteiger partial charge in [-0.3, -0.25) is 4.90 Å². The van der Waals surface area contributed by atoms with Gasteiger partial charge in [0.2, 0.25) is 0 Å². The maximum Gasteiger partial charge on any atom is 0.335 e. The summed E-state index contributed by atoms with van der Waals surface area (Å²) in [5.41, 5.74) is 2.83. The number of fused-ring (bicyclic) bond motifs is 1. The van der Waals surface area contributed by atoms with Gasteiger partial charge in [0.15, 0.2) is 0 Å². The average Bonchev–Trinajstić information content (AvgIpc) is 3.24. The van der Waals surface area contributed by atoms with Gasteiger partial charge in [0.1, 0.15) is 0 Å². The molecule has 144 valence electrons. The molecule has 1 spiro atoms. The second kappa shape index (κ2) is 5.56. The van der Waals surface area contributed by atoms with E-state index in [0.29, 0.717) is 25.0 Å². The Morgan fingerprint density at radius 1 is 1.37 bits per heavy atom. The van der Waals surface area contributed by atoms with Crippen molar-refractivity contribution in [3.8, 4) is 0 Å². The van der Waals surface area contributed by atoms with E-state index >= 15 is 0 Å². The zero-order chi connectivity index (χ0) is 19.0. The van der Waals surface area contributed by atoms with Gasteiger partial charge in [-0.25, -0.2) is 4.79 Å². The molecule has 27 heavy (non-hydrogen) atoms. The first-order valence-electron chi connectivity index (χ1n) is 9.78. The molecule has 0 amide bonds. The molecule has 3 heterocycles. The summed E-state index contributed by atoms with van der Waals surface area (Å²) in [6, 6.07) is 8.27. The summed E-state index contributed by atoms with van der Waals surface area (Å²) in [5.74, 6) is -0.346. The van der Waals surface area contributed by atoms with Crippen LogP contribution >= 0.6 is 0 Å². The molecule has 4 aliphatic rings. The summed E-state index contributed by atoms with van der Waals surface area (Å²) in [5, 5.41) is 25.3. The quantitative estimate of drug-likeness (QED) is 0.683. The highest BCUT2D eigenvalue weighted by atomic mass is 16.5. The third-order valence-corrected chi connectivity index (χ3v) is 7.56. The normalized spacial score (nSPS) is 39.5. The minimum absolute atomic E-state index is 0.0490. The summed E-state index contributed by atoms with van der Waals surface area (Å²) in [7, 11) is 1.41. The van der Waals surface area contributed by atoms with Gasteiger partial charge in [-0.15, -0.1) is 0 Å². The van der Waals surface area contributed by atoms with Crippen LogP contribution in [0.15, 0.2) is 35.5 Å². The lowest BCUT2D eigenvalue weighted by molar-refractivity contribution is -0.160. The molecule has 1 aromatic rings. The smallest absolute Gasteiger partial charge is 0.335 e. The predicted octanol–water partition coefficient (Wildman–Crippen LogP) is 1.39. The summed E-state index contributed by atoms with van der Waals surface area (Å²) in [6.45, 7) is 3.36. The fourth-order valence-electron chi connectivity index (χ4n) is 6.53. The van der Waals surface area contributed by atoms with Crippen LogP contribution < -0.4 is 5.32 Å². The molecule has 0 radical (unpaired) electrons.